The van der Waals surface area contributed by atoms with Gasteiger partial charge in [0, 0.05) is 18.1 Å². The van der Waals surface area contributed by atoms with Crippen LogP contribution in [-0.4, -0.2) is 51.4 Å². The Morgan fingerprint density at radius 3 is 2.31 bits per heavy atom. The van der Waals surface area contributed by atoms with Crippen LogP contribution in [0.15, 0.2) is 77.7 Å². The molecule has 0 aromatic heterocycles. The van der Waals surface area contributed by atoms with Gasteiger partial charge in [0.05, 0.1) is 17.7 Å². The number of likely N-dealkylation sites (N-methyl/N-ethyl adjacent to an activating group) is 1. The van der Waals surface area contributed by atoms with E-state index in [2.05, 4.69) is 5.32 Å². The van der Waals surface area contributed by atoms with Crippen LogP contribution in [0.2, 0.25) is 5.02 Å². The first kappa shape index (κ1) is 30.0. The smallest absolute Gasteiger partial charge is 0.264 e. The van der Waals surface area contributed by atoms with Crippen molar-refractivity contribution in [2.75, 3.05) is 24.5 Å². The highest BCUT2D eigenvalue weighted by Gasteiger charge is 2.33. The molecule has 0 saturated carbocycles. The number of carbonyl (C=O) groups excluding carboxylic acids is 2. The Hall–Kier alpha value is -3.56. The summed E-state index contributed by atoms with van der Waals surface area (Å²) in [4.78, 5) is 28.4. The van der Waals surface area contributed by atoms with E-state index in [0.29, 0.717) is 23.7 Å². The SMILES string of the molecule is CCNC(=O)[C@@H](CC)N(Cc1cccc(OC)c1)C(=O)CN(c1cccc(Cl)c1)S(=O)(=O)c1ccc(C)cc1. The van der Waals surface area contributed by atoms with Gasteiger partial charge in [0.25, 0.3) is 10.0 Å². The van der Waals surface area contributed by atoms with Gasteiger partial charge in [0.2, 0.25) is 11.8 Å². The molecule has 3 rings (SSSR count). The van der Waals surface area contributed by atoms with Crippen LogP contribution in [0.4, 0.5) is 5.69 Å². The van der Waals surface area contributed by atoms with E-state index in [1.165, 1.54) is 23.1 Å². The molecule has 208 valence electrons. The molecule has 0 fully saturated rings. The molecule has 39 heavy (non-hydrogen) atoms. The van der Waals surface area contributed by atoms with Gasteiger partial charge in [-0.1, -0.05) is 54.4 Å². The van der Waals surface area contributed by atoms with Crippen molar-refractivity contribution < 1.29 is 22.7 Å². The number of nitrogens with zero attached hydrogens (tertiary/aromatic N) is 2. The molecule has 0 heterocycles. The predicted molar refractivity (Wildman–Crippen MR) is 153 cm³/mol. The minimum atomic E-state index is -4.16. The molecule has 0 radical (unpaired) electrons. The van der Waals surface area contributed by atoms with Crippen LogP contribution in [0.1, 0.15) is 31.4 Å². The van der Waals surface area contributed by atoms with Crippen molar-refractivity contribution in [3.63, 3.8) is 0 Å². The minimum absolute atomic E-state index is 0.0380. The van der Waals surface area contributed by atoms with E-state index >= 15 is 0 Å². The molecule has 3 aromatic carbocycles. The van der Waals surface area contributed by atoms with Gasteiger partial charge in [-0.3, -0.25) is 13.9 Å². The lowest BCUT2D eigenvalue weighted by molar-refractivity contribution is -0.140. The lowest BCUT2D eigenvalue weighted by atomic mass is 10.1. The second-order valence-electron chi connectivity index (χ2n) is 9.00. The van der Waals surface area contributed by atoms with Crippen LogP contribution in [0.3, 0.4) is 0 Å². The van der Waals surface area contributed by atoms with Gasteiger partial charge in [-0.15, -0.1) is 0 Å². The highest BCUT2D eigenvalue weighted by Crippen LogP contribution is 2.27. The molecule has 0 unspecified atom stereocenters. The zero-order valence-corrected chi connectivity index (χ0v) is 24.1. The summed E-state index contributed by atoms with van der Waals surface area (Å²) in [5.74, 6) is -0.244. The van der Waals surface area contributed by atoms with Crippen molar-refractivity contribution in [1.29, 1.82) is 0 Å². The molecule has 2 amide bonds. The number of halogens is 1. The minimum Gasteiger partial charge on any atom is -0.497 e. The summed E-state index contributed by atoms with van der Waals surface area (Å²) in [5.41, 5.74) is 1.88. The topological polar surface area (TPSA) is 96.0 Å². The summed E-state index contributed by atoms with van der Waals surface area (Å²) in [6.07, 6.45) is 0.337. The van der Waals surface area contributed by atoms with E-state index < -0.39 is 28.5 Å². The van der Waals surface area contributed by atoms with Gasteiger partial charge in [0.15, 0.2) is 0 Å². The number of methoxy groups -OCH3 is 1. The number of hydrogen-bond acceptors (Lipinski definition) is 5. The Bertz CT molecular complexity index is 1400. The van der Waals surface area contributed by atoms with E-state index in [-0.39, 0.29) is 23.0 Å². The lowest BCUT2D eigenvalue weighted by Gasteiger charge is -2.33. The molecular formula is C29H34ClN3O5S. The van der Waals surface area contributed by atoms with E-state index in [0.717, 1.165) is 15.4 Å². The summed E-state index contributed by atoms with van der Waals surface area (Å²) in [6, 6.07) is 19.1. The maximum Gasteiger partial charge on any atom is 0.264 e. The molecule has 8 nitrogen and oxygen atoms in total. The predicted octanol–water partition coefficient (Wildman–Crippen LogP) is 4.80. The molecule has 0 aliphatic carbocycles. The number of nitrogens with one attached hydrogen (secondary N) is 1. The number of aryl methyl sites for hydroxylation is 1. The molecule has 1 N–H and O–H groups in total. The molecule has 0 saturated heterocycles. The number of ether oxygens (including phenoxy) is 1. The van der Waals surface area contributed by atoms with Crippen molar-refractivity contribution in [2.45, 2.75) is 44.7 Å². The Morgan fingerprint density at radius 2 is 1.69 bits per heavy atom. The molecule has 0 aliphatic heterocycles. The van der Waals surface area contributed by atoms with Crippen LogP contribution in [0, 0.1) is 6.92 Å². The summed E-state index contributed by atoms with van der Waals surface area (Å²) >= 11 is 6.21. The van der Waals surface area contributed by atoms with E-state index in [1.807, 2.05) is 19.9 Å². The summed E-state index contributed by atoms with van der Waals surface area (Å²) in [6.45, 7) is 5.41. The standard InChI is InChI=1S/C29H34ClN3O5S/c1-5-27(29(35)31-6-2)32(19-22-9-7-12-25(17-22)38-4)28(34)20-33(24-11-8-10-23(30)18-24)39(36,37)26-15-13-21(3)14-16-26/h7-18,27H,5-6,19-20H2,1-4H3,(H,31,35)/t27-/m1/s1. The second-order valence-corrected chi connectivity index (χ2v) is 11.3. The van der Waals surface area contributed by atoms with Gasteiger partial charge in [-0.05, 0) is 68.3 Å². The van der Waals surface area contributed by atoms with Gasteiger partial charge < -0.3 is 15.0 Å². The number of sulfonamides is 1. The quantitative estimate of drug-likeness (QED) is 0.337. The highest BCUT2D eigenvalue weighted by molar-refractivity contribution is 7.92. The largest absolute Gasteiger partial charge is 0.497 e. The van der Waals surface area contributed by atoms with E-state index in [9.17, 15) is 18.0 Å². The number of hydrogen-bond donors (Lipinski definition) is 1. The van der Waals surface area contributed by atoms with Crippen LogP contribution in [0.5, 0.6) is 5.75 Å². The molecule has 0 spiro atoms. The van der Waals surface area contributed by atoms with Crippen LogP contribution < -0.4 is 14.4 Å². The maximum absolute atomic E-state index is 14.0. The maximum atomic E-state index is 14.0. The van der Waals surface area contributed by atoms with E-state index in [1.54, 1.807) is 62.6 Å². The van der Waals surface area contributed by atoms with Crippen LogP contribution in [0.25, 0.3) is 0 Å². The Balaban J connectivity index is 2.07. The Labute approximate surface area is 235 Å². The number of carbonyl (C=O) groups is 2. The van der Waals surface area contributed by atoms with Gasteiger partial charge in [-0.25, -0.2) is 8.42 Å². The fourth-order valence-electron chi connectivity index (χ4n) is 4.18. The normalized spacial score (nSPS) is 11.9. The third kappa shape index (κ3) is 7.52. The van der Waals surface area contributed by atoms with Crippen molar-refractivity contribution in [3.05, 3.63) is 88.9 Å². The zero-order valence-electron chi connectivity index (χ0n) is 22.6. The number of anilines is 1. The first-order chi connectivity index (χ1) is 18.6. The fourth-order valence-corrected chi connectivity index (χ4v) is 5.77. The Morgan fingerprint density at radius 1 is 1.00 bits per heavy atom. The molecule has 3 aromatic rings. The van der Waals surface area contributed by atoms with Gasteiger partial charge in [-0.2, -0.15) is 0 Å². The zero-order chi connectivity index (χ0) is 28.6. The average Bonchev–Trinajstić information content (AvgIpc) is 2.92. The molecule has 1 atom stereocenters. The van der Waals surface area contributed by atoms with Crippen LogP contribution >= 0.6 is 11.6 Å². The van der Waals surface area contributed by atoms with Crippen molar-refractivity contribution >= 4 is 39.1 Å². The number of benzene rings is 3. The molecule has 10 heteroatoms. The van der Waals surface area contributed by atoms with E-state index in [4.69, 9.17) is 16.3 Å². The van der Waals surface area contributed by atoms with Crippen molar-refractivity contribution in [3.8, 4) is 5.75 Å². The third-order valence-electron chi connectivity index (χ3n) is 6.21. The number of amides is 2. The Kier molecular flexibility index (Phi) is 10.4. The summed E-state index contributed by atoms with van der Waals surface area (Å²) in [5, 5.41) is 3.11. The van der Waals surface area contributed by atoms with Gasteiger partial charge >= 0.3 is 0 Å². The lowest BCUT2D eigenvalue weighted by Crippen LogP contribution is -2.52. The first-order valence-corrected chi connectivity index (χ1v) is 14.5. The van der Waals surface area contributed by atoms with Crippen LogP contribution in [-0.2, 0) is 26.2 Å². The first-order valence-electron chi connectivity index (χ1n) is 12.7. The summed E-state index contributed by atoms with van der Waals surface area (Å²) < 4.78 is 34.1. The average molecular weight is 572 g/mol. The summed E-state index contributed by atoms with van der Waals surface area (Å²) in [7, 11) is -2.61. The molecular weight excluding hydrogens is 538 g/mol. The van der Waals surface area contributed by atoms with Gasteiger partial charge in [0.1, 0.15) is 18.3 Å². The second kappa shape index (κ2) is 13.5. The molecule has 0 aliphatic rings. The fraction of sp³-hybridized carbons (Fsp3) is 0.310. The number of rotatable bonds is 12. The van der Waals surface area contributed by atoms with Crippen molar-refractivity contribution in [2.24, 2.45) is 0 Å². The third-order valence-corrected chi connectivity index (χ3v) is 8.23. The van der Waals surface area contributed by atoms with Crippen molar-refractivity contribution in [1.82, 2.24) is 10.2 Å². The highest BCUT2D eigenvalue weighted by atomic mass is 35.5. The molecule has 0 bridgehead atoms. The monoisotopic (exact) mass is 571 g/mol.